The van der Waals surface area contributed by atoms with Gasteiger partial charge in [-0.05, 0) is 11.4 Å². The number of nitrogens with zero attached hydrogens (tertiary/aromatic N) is 1. The minimum absolute atomic E-state index is 0.527. The molecule has 94 valence electrons. The van der Waals surface area contributed by atoms with Gasteiger partial charge in [-0.1, -0.05) is 6.07 Å². The van der Waals surface area contributed by atoms with Crippen LogP contribution in [0.2, 0.25) is 0 Å². The second-order valence-corrected chi connectivity index (χ2v) is 4.17. The van der Waals surface area contributed by atoms with Crippen molar-refractivity contribution in [1.29, 1.82) is 0 Å². The van der Waals surface area contributed by atoms with E-state index >= 15 is 0 Å². The number of aliphatic imine (C=N–C) groups is 1. The Morgan fingerprint density at radius 1 is 0.889 bits per heavy atom. The average molecular weight is 277 g/mol. The SMILES string of the molecule is Fc1c(F)c(F)c(N=Cc2cccs2)c(F)c1F. The molecular weight excluding hydrogens is 273 g/mol. The van der Waals surface area contributed by atoms with E-state index in [1.807, 2.05) is 0 Å². The lowest BCUT2D eigenvalue weighted by atomic mass is 10.2. The van der Waals surface area contributed by atoms with E-state index < -0.39 is 34.8 Å². The van der Waals surface area contributed by atoms with Crippen LogP contribution >= 0.6 is 11.3 Å². The molecule has 0 unspecified atom stereocenters. The molecule has 1 nitrogen and oxygen atoms in total. The zero-order valence-corrected chi connectivity index (χ0v) is 9.37. The molecule has 0 N–H and O–H groups in total. The van der Waals surface area contributed by atoms with Crippen LogP contribution in [0, 0.1) is 29.1 Å². The first-order chi connectivity index (χ1) is 8.52. The molecule has 1 aromatic heterocycles. The first kappa shape index (κ1) is 12.7. The van der Waals surface area contributed by atoms with Crippen molar-refractivity contribution in [3.8, 4) is 0 Å². The minimum Gasteiger partial charge on any atom is -0.249 e. The third-order valence-corrected chi connectivity index (χ3v) is 2.86. The molecule has 0 spiro atoms. The lowest BCUT2D eigenvalue weighted by Crippen LogP contribution is -2.00. The minimum atomic E-state index is -2.19. The molecule has 1 aromatic carbocycles. The number of hydrogen-bond acceptors (Lipinski definition) is 2. The Kier molecular flexibility index (Phi) is 3.42. The molecule has 1 heterocycles. The van der Waals surface area contributed by atoms with Gasteiger partial charge < -0.3 is 0 Å². The van der Waals surface area contributed by atoms with E-state index in [9.17, 15) is 22.0 Å². The summed E-state index contributed by atoms with van der Waals surface area (Å²) in [6.45, 7) is 0. The molecule has 0 saturated heterocycles. The highest BCUT2D eigenvalue weighted by Crippen LogP contribution is 2.29. The number of halogens is 5. The van der Waals surface area contributed by atoms with E-state index in [1.54, 1.807) is 17.5 Å². The highest BCUT2D eigenvalue weighted by atomic mass is 32.1. The predicted octanol–water partition coefficient (Wildman–Crippen LogP) is 4.19. The summed E-state index contributed by atoms with van der Waals surface area (Å²) in [5.41, 5.74) is -1.19. The van der Waals surface area contributed by atoms with Crippen LogP contribution < -0.4 is 0 Å². The molecule has 2 rings (SSSR count). The van der Waals surface area contributed by atoms with Gasteiger partial charge in [-0.15, -0.1) is 11.3 Å². The number of benzene rings is 1. The Labute approximate surface area is 102 Å². The second kappa shape index (κ2) is 4.85. The van der Waals surface area contributed by atoms with Gasteiger partial charge in [-0.25, -0.2) is 26.9 Å². The molecule has 0 saturated carbocycles. The maximum atomic E-state index is 13.2. The van der Waals surface area contributed by atoms with Crippen LogP contribution in [0.15, 0.2) is 22.5 Å². The number of hydrogen-bond donors (Lipinski definition) is 0. The fourth-order valence-corrected chi connectivity index (χ4v) is 1.78. The van der Waals surface area contributed by atoms with Gasteiger partial charge in [0.15, 0.2) is 23.3 Å². The van der Waals surface area contributed by atoms with Crippen molar-refractivity contribution in [3.05, 3.63) is 51.5 Å². The monoisotopic (exact) mass is 277 g/mol. The first-order valence-corrected chi connectivity index (χ1v) is 5.49. The molecule has 0 bridgehead atoms. The standard InChI is InChI=1S/C11H4F5NS/c12-6-7(13)9(15)11(10(16)8(6)14)17-4-5-2-1-3-18-5/h1-4H. The van der Waals surface area contributed by atoms with Crippen LogP contribution in [0.1, 0.15) is 4.88 Å². The van der Waals surface area contributed by atoms with Gasteiger partial charge in [-0.2, -0.15) is 0 Å². The van der Waals surface area contributed by atoms with Crippen molar-refractivity contribution < 1.29 is 22.0 Å². The van der Waals surface area contributed by atoms with Gasteiger partial charge in [-0.3, -0.25) is 0 Å². The van der Waals surface area contributed by atoms with Crippen molar-refractivity contribution >= 4 is 23.2 Å². The molecule has 18 heavy (non-hydrogen) atoms. The second-order valence-electron chi connectivity index (χ2n) is 3.19. The van der Waals surface area contributed by atoms with Gasteiger partial charge in [0.05, 0.1) is 0 Å². The van der Waals surface area contributed by atoms with Crippen LogP contribution in [0.25, 0.3) is 0 Å². The van der Waals surface area contributed by atoms with Crippen LogP contribution in [0.5, 0.6) is 0 Å². The molecule has 7 heteroatoms. The smallest absolute Gasteiger partial charge is 0.200 e. The predicted molar refractivity (Wildman–Crippen MR) is 57.8 cm³/mol. The highest BCUT2D eigenvalue weighted by Gasteiger charge is 2.25. The maximum Gasteiger partial charge on any atom is 0.200 e. The first-order valence-electron chi connectivity index (χ1n) is 4.61. The summed E-state index contributed by atoms with van der Waals surface area (Å²) < 4.78 is 64.8. The van der Waals surface area contributed by atoms with Crippen molar-refractivity contribution in [2.75, 3.05) is 0 Å². The zero-order chi connectivity index (χ0) is 13.3. The highest BCUT2D eigenvalue weighted by molar-refractivity contribution is 7.11. The summed E-state index contributed by atoms with van der Waals surface area (Å²) in [7, 11) is 0. The number of thiophene rings is 1. The summed E-state index contributed by atoms with van der Waals surface area (Å²) in [5.74, 6) is -10.1. The molecule has 0 radical (unpaired) electrons. The fourth-order valence-electron chi connectivity index (χ4n) is 1.20. The summed E-state index contributed by atoms with van der Waals surface area (Å²) in [5, 5.41) is 1.68. The molecule has 0 atom stereocenters. The lowest BCUT2D eigenvalue weighted by molar-refractivity contribution is 0.381. The largest absolute Gasteiger partial charge is 0.249 e. The van der Waals surface area contributed by atoms with Gasteiger partial charge in [0.2, 0.25) is 5.82 Å². The fraction of sp³-hybridized carbons (Fsp3) is 0. The summed E-state index contributed by atoms with van der Waals surface area (Å²) in [6, 6.07) is 3.24. The number of rotatable bonds is 2. The van der Waals surface area contributed by atoms with Crippen molar-refractivity contribution in [2.45, 2.75) is 0 Å². The third kappa shape index (κ3) is 2.13. The lowest BCUT2D eigenvalue weighted by Gasteiger charge is -2.03. The Morgan fingerprint density at radius 2 is 1.44 bits per heavy atom. The maximum absolute atomic E-state index is 13.2. The molecule has 0 aliphatic carbocycles. The van der Waals surface area contributed by atoms with Gasteiger partial charge in [0.25, 0.3) is 0 Å². The van der Waals surface area contributed by atoms with Gasteiger partial charge >= 0.3 is 0 Å². The summed E-state index contributed by atoms with van der Waals surface area (Å²) in [4.78, 5) is 3.83. The molecule has 0 aliphatic heterocycles. The molecule has 0 fully saturated rings. The molecular formula is C11H4F5NS. The van der Waals surface area contributed by atoms with Crippen LogP contribution in [0.3, 0.4) is 0 Å². The van der Waals surface area contributed by atoms with E-state index in [-0.39, 0.29) is 0 Å². The van der Waals surface area contributed by atoms with Crippen LogP contribution in [-0.2, 0) is 0 Å². The van der Waals surface area contributed by atoms with Crippen LogP contribution in [-0.4, -0.2) is 6.21 Å². The average Bonchev–Trinajstić information content (AvgIpc) is 2.87. The Morgan fingerprint density at radius 3 is 1.94 bits per heavy atom. The van der Waals surface area contributed by atoms with Crippen molar-refractivity contribution in [1.82, 2.24) is 0 Å². The Balaban J connectivity index is 2.52. The van der Waals surface area contributed by atoms with Crippen LogP contribution in [0.4, 0.5) is 27.6 Å². The normalized spacial score (nSPS) is 11.4. The van der Waals surface area contributed by atoms with Gasteiger partial charge in [0.1, 0.15) is 5.69 Å². The van der Waals surface area contributed by atoms with E-state index in [0.717, 1.165) is 6.21 Å². The van der Waals surface area contributed by atoms with Crippen molar-refractivity contribution in [3.63, 3.8) is 0 Å². The molecule has 0 aliphatic rings. The quantitative estimate of drug-likeness (QED) is 0.338. The molecule has 0 amide bonds. The van der Waals surface area contributed by atoms with E-state index in [2.05, 4.69) is 4.99 Å². The Bertz CT molecular complexity index is 577. The van der Waals surface area contributed by atoms with E-state index in [1.165, 1.54) is 11.3 Å². The van der Waals surface area contributed by atoms with E-state index in [0.29, 0.717) is 4.88 Å². The van der Waals surface area contributed by atoms with Crippen molar-refractivity contribution in [2.24, 2.45) is 4.99 Å². The third-order valence-electron chi connectivity index (χ3n) is 2.05. The van der Waals surface area contributed by atoms with Gasteiger partial charge in [0, 0.05) is 11.1 Å². The Hall–Kier alpha value is -1.76. The topological polar surface area (TPSA) is 12.4 Å². The molecule has 2 aromatic rings. The summed E-state index contributed by atoms with van der Waals surface area (Å²) in [6.07, 6.45) is 1.03. The summed E-state index contributed by atoms with van der Waals surface area (Å²) >= 11 is 1.21. The van der Waals surface area contributed by atoms with E-state index in [4.69, 9.17) is 0 Å². The zero-order valence-electron chi connectivity index (χ0n) is 8.55.